The first-order valence-electron chi connectivity index (χ1n) is 6.87. The molecule has 0 aromatic heterocycles. The number of nitrogens with two attached hydrogens (primary N) is 1. The smallest absolute Gasteiger partial charge is 0.268 e. The van der Waals surface area contributed by atoms with Gasteiger partial charge < -0.3 is 0 Å². The SMILES string of the molecule is NS(=O)(=O)c1ccc(N2C(=O)C(Cl)=C(c3ccc(F)cc3)C2=O)cc1. The van der Waals surface area contributed by atoms with Gasteiger partial charge in [-0.1, -0.05) is 23.7 Å². The Kier molecular flexibility index (Phi) is 4.19. The zero-order valence-corrected chi connectivity index (χ0v) is 14.0. The van der Waals surface area contributed by atoms with Crippen LogP contribution in [-0.2, 0) is 19.6 Å². The van der Waals surface area contributed by atoms with Gasteiger partial charge in [0.25, 0.3) is 11.8 Å². The molecule has 2 N–H and O–H groups in total. The molecule has 0 spiro atoms. The first-order valence-corrected chi connectivity index (χ1v) is 8.80. The van der Waals surface area contributed by atoms with Crippen molar-refractivity contribution in [2.45, 2.75) is 4.90 Å². The van der Waals surface area contributed by atoms with Crippen molar-refractivity contribution in [2.75, 3.05) is 4.90 Å². The molecule has 0 bridgehead atoms. The molecule has 3 rings (SSSR count). The van der Waals surface area contributed by atoms with Gasteiger partial charge in [-0.25, -0.2) is 22.8 Å². The standard InChI is InChI=1S/C16H10ClFN2O4S/c17-14-13(9-1-3-10(18)4-2-9)15(21)20(16(14)22)11-5-7-12(8-6-11)25(19,23)24/h1-8H,(H2,19,23,24). The van der Waals surface area contributed by atoms with Gasteiger partial charge in [0.15, 0.2) is 0 Å². The highest BCUT2D eigenvalue weighted by molar-refractivity contribution is 7.89. The van der Waals surface area contributed by atoms with Crippen molar-refractivity contribution in [3.05, 3.63) is 64.9 Å². The number of nitrogens with zero attached hydrogens (tertiary/aromatic N) is 1. The molecule has 0 fully saturated rings. The molecule has 0 aliphatic carbocycles. The van der Waals surface area contributed by atoms with E-state index < -0.39 is 27.7 Å². The van der Waals surface area contributed by atoms with E-state index in [0.717, 1.165) is 17.0 Å². The highest BCUT2D eigenvalue weighted by Gasteiger charge is 2.39. The van der Waals surface area contributed by atoms with Crippen LogP contribution in [0.4, 0.5) is 10.1 Å². The molecule has 128 valence electrons. The molecule has 2 amide bonds. The number of sulfonamides is 1. The van der Waals surface area contributed by atoms with Crippen LogP contribution in [0.1, 0.15) is 5.56 Å². The Morgan fingerprint density at radius 2 is 1.48 bits per heavy atom. The number of primary sulfonamides is 1. The van der Waals surface area contributed by atoms with Crippen molar-refractivity contribution in [3.63, 3.8) is 0 Å². The lowest BCUT2D eigenvalue weighted by atomic mass is 10.1. The van der Waals surface area contributed by atoms with Crippen LogP contribution < -0.4 is 10.0 Å². The van der Waals surface area contributed by atoms with Crippen LogP contribution in [0.5, 0.6) is 0 Å². The van der Waals surface area contributed by atoms with Gasteiger partial charge in [0, 0.05) is 0 Å². The normalized spacial score (nSPS) is 15.2. The molecular weight excluding hydrogens is 371 g/mol. The number of amides is 2. The van der Waals surface area contributed by atoms with E-state index in [1.54, 1.807) is 0 Å². The second-order valence-corrected chi connectivity index (χ2v) is 7.12. The second-order valence-electron chi connectivity index (χ2n) is 5.18. The summed E-state index contributed by atoms with van der Waals surface area (Å²) in [6, 6.07) is 9.87. The zero-order chi connectivity index (χ0) is 18.4. The fraction of sp³-hybridized carbons (Fsp3) is 0. The van der Waals surface area contributed by atoms with Crippen LogP contribution in [0, 0.1) is 5.82 Å². The van der Waals surface area contributed by atoms with Crippen molar-refractivity contribution in [3.8, 4) is 0 Å². The summed E-state index contributed by atoms with van der Waals surface area (Å²) in [6.45, 7) is 0. The minimum atomic E-state index is -3.90. The monoisotopic (exact) mass is 380 g/mol. The molecule has 25 heavy (non-hydrogen) atoms. The molecule has 2 aromatic rings. The summed E-state index contributed by atoms with van der Waals surface area (Å²) >= 11 is 6.00. The zero-order valence-electron chi connectivity index (χ0n) is 12.4. The number of benzene rings is 2. The minimum absolute atomic E-state index is 0.0535. The highest BCUT2D eigenvalue weighted by atomic mass is 35.5. The summed E-state index contributed by atoms with van der Waals surface area (Å²) in [5.41, 5.74) is 0.383. The fourth-order valence-corrected chi connectivity index (χ4v) is 3.18. The number of hydrogen-bond donors (Lipinski definition) is 1. The lowest BCUT2D eigenvalue weighted by Gasteiger charge is -2.15. The van der Waals surface area contributed by atoms with Crippen LogP contribution in [0.2, 0.25) is 0 Å². The summed E-state index contributed by atoms with van der Waals surface area (Å²) in [5, 5.41) is 4.71. The van der Waals surface area contributed by atoms with Crippen molar-refractivity contribution in [1.82, 2.24) is 0 Å². The molecule has 1 aliphatic heterocycles. The Labute approximate surface area is 147 Å². The van der Waals surface area contributed by atoms with Gasteiger partial charge in [0.2, 0.25) is 10.0 Å². The van der Waals surface area contributed by atoms with Crippen molar-refractivity contribution in [1.29, 1.82) is 0 Å². The van der Waals surface area contributed by atoms with Gasteiger partial charge in [0.05, 0.1) is 16.2 Å². The fourth-order valence-electron chi connectivity index (χ4n) is 2.39. The lowest BCUT2D eigenvalue weighted by molar-refractivity contribution is -0.119. The number of hydrogen-bond acceptors (Lipinski definition) is 4. The maximum absolute atomic E-state index is 13.0. The molecule has 0 saturated heterocycles. The Hall–Kier alpha value is -2.55. The van der Waals surface area contributed by atoms with Gasteiger partial charge in [-0.3, -0.25) is 9.59 Å². The Bertz CT molecular complexity index is 1020. The van der Waals surface area contributed by atoms with Gasteiger partial charge in [-0.2, -0.15) is 0 Å². The maximum atomic E-state index is 13.0. The summed E-state index contributed by atoms with van der Waals surface area (Å²) in [4.78, 5) is 25.6. The van der Waals surface area contributed by atoms with E-state index in [1.165, 1.54) is 36.4 Å². The predicted octanol–water partition coefficient (Wildman–Crippen LogP) is 2.00. The third-order valence-electron chi connectivity index (χ3n) is 3.58. The van der Waals surface area contributed by atoms with Gasteiger partial charge >= 0.3 is 0 Å². The van der Waals surface area contributed by atoms with Crippen molar-refractivity contribution in [2.24, 2.45) is 5.14 Å². The maximum Gasteiger partial charge on any atom is 0.277 e. The molecule has 6 nitrogen and oxygen atoms in total. The quantitative estimate of drug-likeness (QED) is 0.823. The highest BCUT2D eigenvalue weighted by Crippen LogP contribution is 2.35. The number of carbonyl (C=O) groups excluding carboxylic acids is 2. The molecule has 1 heterocycles. The van der Waals surface area contributed by atoms with Crippen LogP contribution >= 0.6 is 11.6 Å². The van der Waals surface area contributed by atoms with E-state index in [1.807, 2.05) is 0 Å². The number of halogens is 2. The number of carbonyl (C=O) groups is 2. The summed E-state index contributed by atoms with van der Waals surface area (Å²) in [5.74, 6) is -1.94. The Morgan fingerprint density at radius 1 is 0.920 bits per heavy atom. The first-order chi connectivity index (χ1) is 11.7. The third kappa shape index (κ3) is 3.07. The van der Waals surface area contributed by atoms with E-state index in [0.29, 0.717) is 5.56 Å². The van der Waals surface area contributed by atoms with Crippen molar-refractivity contribution >= 4 is 44.7 Å². The van der Waals surface area contributed by atoms with Crippen LogP contribution in [-0.4, -0.2) is 20.2 Å². The minimum Gasteiger partial charge on any atom is -0.268 e. The van der Waals surface area contributed by atoms with Gasteiger partial charge in [-0.05, 0) is 42.0 Å². The molecule has 0 saturated carbocycles. The average molecular weight is 381 g/mol. The molecule has 9 heteroatoms. The first kappa shape index (κ1) is 17.3. The van der Waals surface area contributed by atoms with Crippen molar-refractivity contribution < 1.29 is 22.4 Å². The summed E-state index contributed by atoms with van der Waals surface area (Å²) < 4.78 is 35.6. The van der Waals surface area contributed by atoms with E-state index in [2.05, 4.69) is 0 Å². The molecule has 0 unspecified atom stereocenters. The Balaban J connectivity index is 2.00. The lowest BCUT2D eigenvalue weighted by Crippen LogP contribution is -2.31. The summed E-state index contributed by atoms with van der Waals surface area (Å²) in [7, 11) is -3.90. The predicted molar refractivity (Wildman–Crippen MR) is 89.5 cm³/mol. The number of imide groups is 1. The average Bonchev–Trinajstić information content (AvgIpc) is 2.78. The van der Waals surface area contributed by atoms with E-state index in [-0.39, 0.29) is 21.2 Å². The number of rotatable bonds is 3. The summed E-state index contributed by atoms with van der Waals surface area (Å²) in [6.07, 6.45) is 0. The van der Waals surface area contributed by atoms with Crippen LogP contribution in [0.25, 0.3) is 5.57 Å². The van der Waals surface area contributed by atoms with E-state index in [9.17, 15) is 22.4 Å². The molecular formula is C16H10ClFN2O4S. The second kappa shape index (κ2) is 6.07. The van der Waals surface area contributed by atoms with Gasteiger partial charge in [-0.15, -0.1) is 0 Å². The third-order valence-corrected chi connectivity index (χ3v) is 4.86. The molecule has 0 radical (unpaired) electrons. The van der Waals surface area contributed by atoms with E-state index in [4.69, 9.17) is 16.7 Å². The van der Waals surface area contributed by atoms with E-state index >= 15 is 0 Å². The van der Waals surface area contributed by atoms with Gasteiger partial charge in [0.1, 0.15) is 10.8 Å². The Morgan fingerprint density at radius 3 is 2.00 bits per heavy atom. The topological polar surface area (TPSA) is 97.5 Å². The largest absolute Gasteiger partial charge is 0.277 e. The molecule has 0 atom stereocenters. The van der Waals surface area contributed by atoms with Crippen LogP contribution in [0.15, 0.2) is 58.5 Å². The van der Waals surface area contributed by atoms with Crippen LogP contribution in [0.3, 0.4) is 0 Å². The molecule has 2 aromatic carbocycles. The molecule has 1 aliphatic rings. The number of anilines is 1.